The number of rotatable bonds is 7. The van der Waals surface area contributed by atoms with Crippen molar-refractivity contribution in [1.29, 1.82) is 0 Å². The van der Waals surface area contributed by atoms with Crippen LogP contribution in [0.2, 0.25) is 0 Å². The second-order valence-electron chi connectivity index (χ2n) is 13.4. The van der Waals surface area contributed by atoms with Gasteiger partial charge in [-0.3, -0.25) is 0 Å². The van der Waals surface area contributed by atoms with E-state index in [1.165, 1.54) is 0 Å². The molecule has 0 amide bonds. The minimum absolute atomic E-state index is 0.594. The van der Waals surface area contributed by atoms with Gasteiger partial charge in [0.25, 0.3) is 0 Å². The van der Waals surface area contributed by atoms with E-state index in [9.17, 15) is 0 Å². The lowest BCUT2D eigenvalue weighted by Crippen LogP contribution is -2.00. The van der Waals surface area contributed by atoms with E-state index in [-0.39, 0.29) is 0 Å². The summed E-state index contributed by atoms with van der Waals surface area (Å²) in [6, 6.07) is 66.2. The molecule has 7 aromatic carbocycles. The molecule has 0 atom stereocenters. The van der Waals surface area contributed by atoms with Crippen molar-refractivity contribution in [3.8, 4) is 79.0 Å². The van der Waals surface area contributed by atoms with Gasteiger partial charge in [0.2, 0.25) is 0 Å². The summed E-state index contributed by atoms with van der Waals surface area (Å²) in [7, 11) is 0. The molecule has 0 radical (unpaired) electrons. The third-order valence-electron chi connectivity index (χ3n) is 9.96. The van der Waals surface area contributed by atoms with Crippen molar-refractivity contribution in [1.82, 2.24) is 19.9 Å². The highest BCUT2D eigenvalue weighted by atomic mass is 16.3. The first kappa shape index (κ1) is 32.2. The summed E-state index contributed by atoms with van der Waals surface area (Å²) >= 11 is 0. The van der Waals surface area contributed by atoms with E-state index in [0.717, 1.165) is 83.4 Å². The van der Waals surface area contributed by atoms with Crippen molar-refractivity contribution < 1.29 is 4.42 Å². The molecule has 0 aliphatic heterocycles. The lowest BCUT2D eigenvalue weighted by atomic mass is 9.95. The summed E-state index contributed by atoms with van der Waals surface area (Å²) < 4.78 is 6.97. The summed E-state index contributed by atoms with van der Waals surface area (Å²) in [5.74, 6) is 2.61. The predicted octanol–water partition coefficient (Wildman–Crippen LogP) is 12.8. The SMILES string of the molecule is c1ccc(-c2ccc(-c3nc(-c4ccccc4)nc(-c4ccc(-c5oc6c(-c7ccccc7)nc7ccccc7c6c5-c5ccccc5)cc4)n3)cc2)cc1. The molecule has 3 heterocycles. The van der Waals surface area contributed by atoms with Gasteiger partial charge in [0.05, 0.1) is 5.52 Å². The maximum absolute atomic E-state index is 6.97. The molecule has 3 aromatic heterocycles. The Morgan fingerprint density at radius 3 is 1.27 bits per heavy atom. The normalized spacial score (nSPS) is 11.3. The molecule has 0 N–H and O–H groups in total. The molecule has 0 aliphatic rings. The standard InChI is InChI=1S/C50H32N4O/c1-5-15-33(16-6-1)34-25-29-39(30-26-34)49-52-48(38-21-11-4-12-22-38)53-50(54-49)40-31-27-37(28-32-40)46-43(35-17-7-2-8-18-35)44-41-23-13-14-24-42(41)51-45(47(44)55-46)36-19-9-3-10-20-36/h1-32H. The van der Waals surface area contributed by atoms with E-state index in [2.05, 4.69) is 127 Å². The van der Waals surface area contributed by atoms with Crippen LogP contribution in [0.4, 0.5) is 0 Å². The Bertz CT molecular complexity index is 2930. The maximum Gasteiger partial charge on any atom is 0.164 e. The Morgan fingerprint density at radius 2 is 0.709 bits per heavy atom. The van der Waals surface area contributed by atoms with Crippen molar-refractivity contribution in [3.63, 3.8) is 0 Å². The molecule has 0 fully saturated rings. The average molecular weight is 705 g/mol. The second-order valence-corrected chi connectivity index (χ2v) is 13.4. The first-order valence-electron chi connectivity index (χ1n) is 18.3. The molecular weight excluding hydrogens is 673 g/mol. The van der Waals surface area contributed by atoms with Gasteiger partial charge in [-0.25, -0.2) is 19.9 Å². The van der Waals surface area contributed by atoms with E-state index in [1.54, 1.807) is 0 Å². The van der Waals surface area contributed by atoms with Gasteiger partial charge < -0.3 is 4.42 Å². The lowest BCUT2D eigenvalue weighted by Gasteiger charge is -2.10. The number of hydrogen-bond donors (Lipinski definition) is 0. The highest BCUT2D eigenvalue weighted by Gasteiger charge is 2.24. The van der Waals surface area contributed by atoms with E-state index >= 15 is 0 Å². The molecule has 5 heteroatoms. The Hall–Kier alpha value is -7.50. The molecule has 10 rings (SSSR count). The summed E-state index contributed by atoms with van der Waals surface area (Å²) in [5, 5.41) is 2.09. The molecule has 55 heavy (non-hydrogen) atoms. The quantitative estimate of drug-likeness (QED) is 0.165. The van der Waals surface area contributed by atoms with Gasteiger partial charge in [-0.05, 0) is 22.8 Å². The van der Waals surface area contributed by atoms with Crippen LogP contribution in [0.3, 0.4) is 0 Å². The number of nitrogens with zero attached hydrogens (tertiary/aromatic N) is 4. The van der Waals surface area contributed by atoms with Crippen LogP contribution in [0.25, 0.3) is 101 Å². The predicted molar refractivity (Wildman–Crippen MR) is 223 cm³/mol. The van der Waals surface area contributed by atoms with E-state index in [1.807, 2.05) is 66.7 Å². The molecule has 0 saturated carbocycles. The van der Waals surface area contributed by atoms with Crippen molar-refractivity contribution in [2.75, 3.05) is 0 Å². The van der Waals surface area contributed by atoms with E-state index in [0.29, 0.717) is 17.5 Å². The molecule has 258 valence electrons. The Morgan fingerprint density at radius 1 is 0.309 bits per heavy atom. The third kappa shape index (κ3) is 6.04. The number of pyridine rings is 1. The van der Waals surface area contributed by atoms with Crippen molar-refractivity contribution in [2.45, 2.75) is 0 Å². The first-order chi connectivity index (χ1) is 27.3. The molecule has 0 bridgehead atoms. The average Bonchev–Trinajstić information content (AvgIpc) is 3.68. The number of hydrogen-bond acceptors (Lipinski definition) is 5. The van der Waals surface area contributed by atoms with Gasteiger partial charge in [0.15, 0.2) is 23.1 Å². The fraction of sp³-hybridized carbons (Fsp3) is 0. The van der Waals surface area contributed by atoms with Crippen LogP contribution in [0.1, 0.15) is 0 Å². The van der Waals surface area contributed by atoms with E-state index in [4.69, 9.17) is 24.4 Å². The first-order valence-corrected chi connectivity index (χ1v) is 18.3. The topological polar surface area (TPSA) is 64.7 Å². The summed E-state index contributed by atoms with van der Waals surface area (Å²) in [5.41, 5.74) is 11.6. The molecule has 0 spiro atoms. The number of aromatic nitrogens is 4. The number of fused-ring (bicyclic) bond motifs is 3. The molecule has 0 aliphatic carbocycles. The van der Waals surface area contributed by atoms with Crippen LogP contribution in [-0.4, -0.2) is 19.9 Å². The number of para-hydroxylation sites is 1. The van der Waals surface area contributed by atoms with Gasteiger partial charge >= 0.3 is 0 Å². The molecule has 0 unspecified atom stereocenters. The highest BCUT2D eigenvalue weighted by molar-refractivity contribution is 6.18. The molecule has 10 aromatic rings. The summed E-state index contributed by atoms with van der Waals surface area (Å²) in [4.78, 5) is 20.1. The largest absolute Gasteiger partial charge is 0.453 e. The Balaban J connectivity index is 1.12. The van der Waals surface area contributed by atoms with Crippen LogP contribution in [-0.2, 0) is 0 Å². The summed E-state index contributed by atoms with van der Waals surface area (Å²) in [6.07, 6.45) is 0. The number of benzene rings is 7. The second kappa shape index (κ2) is 13.8. The lowest BCUT2D eigenvalue weighted by molar-refractivity contribution is 0.632. The molecule has 0 saturated heterocycles. The van der Waals surface area contributed by atoms with Crippen LogP contribution >= 0.6 is 0 Å². The minimum Gasteiger partial charge on any atom is -0.453 e. The van der Waals surface area contributed by atoms with E-state index < -0.39 is 0 Å². The fourth-order valence-electron chi connectivity index (χ4n) is 7.25. The zero-order chi connectivity index (χ0) is 36.6. The molecular formula is C50H32N4O. The fourth-order valence-corrected chi connectivity index (χ4v) is 7.25. The maximum atomic E-state index is 6.97. The van der Waals surface area contributed by atoms with Crippen LogP contribution < -0.4 is 0 Å². The van der Waals surface area contributed by atoms with Crippen LogP contribution in [0.15, 0.2) is 199 Å². The van der Waals surface area contributed by atoms with Gasteiger partial charge in [0.1, 0.15) is 11.5 Å². The Labute approximate surface area is 318 Å². The van der Waals surface area contributed by atoms with Gasteiger partial charge in [-0.1, -0.05) is 188 Å². The third-order valence-corrected chi connectivity index (χ3v) is 9.96. The monoisotopic (exact) mass is 704 g/mol. The Kier molecular flexibility index (Phi) is 8.08. The van der Waals surface area contributed by atoms with Gasteiger partial charge in [0, 0.05) is 44.2 Å². The van der Waals surface area contributed by atoms with Crippen LogP contribution in [0.5, 0.6) is 0 Å². The molecule has 5 nitrogen and oxygen atoms in total. The van der Waals surface area contributed by atoms with Crippen molar-refractivity contribution in [2.24, 2.45) is 0 Å². The number of furan rings is 1. The summed E-state index contributed by atoms with van der Waals surface area (Å²) in [6.45, 7) is 0. The van der Waals surface area contributed by atoms with Crippen molar-refractivity contribution in [3.05, 3.63) is 194 Å². The van der Waals surface area contributed by atoms with Crippen LogP contribution in [0, 0.1) is 0 Å². The zero-order valence-corrected chi connectivity index (χ0v) is 29.7. The zero-order valence-electron chi connectivity index (χ0n) is 29.7. The van der Waals surface area contributed by atoms with Gasteiger partial charge in [-0.15, -0.1) is 0 Å². The van der Waals surface area contributed by atoms with Crippen molar-refractivity contribution >= 4 is 21.9 Å². The van der Waals surface area contributed by atoms with Gasteiger partial charge in [-0.2, -0.15) is 0 Å². The highest BCUT2D eigenvalue weighted by Crippen LogP contribution is 2.46. The minimum atomic E-state index is 0.594. The smallest absolute Gasteiger partial charge is 0.164 e.